The minimum Gasteiger partial charge on any atom is -0.438 e. The number of rotatable bonds is 6. The van der Waals surface area contributed by atoms with Gasteiger partial charge in [-0.3, -0.25) is 4.79 Å². The lowest BCUT2D eigenvalue weighted by molar-refractivity contribution is -0.120. The molecule has 1 aliphatic heterocycles. The van der Waals surface area contributed by atoms with Crippen LogP contribution < -0.4 is 5.32 Å². The highest BCUT2D eigenvalue weighted by Gasteiger charge is 2.46. The quantitative estimate of drug-likeness (QED) is 0.473. The number of aliphatic hydroxyl groups is 1. The fourth-order valence-electron chi connectivity index (χ4n) is 5.88. The van der Waals surface area contributed by atoms with E-state index < -0.39 is 16.7 Å². The first-order valence-electron chi connectivity index (χ1n) is 13.7. The summed E-state index contributed by atoms with van der Waals surface area (Å²) < 4.78 is 6.13. The van der Waals surface area contributed by atoms with Crippen LogP contribution in [0, 0.1) is 11.8 Å². The summed E-state index contributed by atoms with van der Waals surface area (Å²) in [5.74, 6) is 6.59. The molecule has 0 aromatic heterocycles. The molecule has 202 valence electrons. The third kappa shape index (κ3) is 6.57. The molecule has 2 aromatic rings. The molecule has 6 heteroatoms. The van der Waals surface area contributed by atoms with E-state index in [9.17, 15) is 14.7 Å². The second-order valence-corrected chi connectivity index (χ2v) is 11.5. The second kappa shape index (κ2) is 11.2. The van der Waals surface area contributed by atoms with Crippen LogP contribution >= 0.6 is 0 Å². The molecule has 1 saturated carbocycles. The highest BCUT2D eigenvalue weighted by molar-refractivity contribution is 5.74. The first-order valence-corrected chi connectivity index (χ1v) is 13.7. The van der Waals surface area contributed by atoms with E-state index in [1.165, 1.54) is 6.42 Å². The van der Waals surface area contributed by atoms with Gasteiger partial charge in [-0.05, 0) is 56.9 Å². The third-order valence-electron chi connectivity index (χ3n) is 7.72. The first-order chi connectivity index (χ1) is 18.0. The van der Waals surface area contributed by atoms with Gasteiger partial charge in [0.25, 0.3) is 0 Å². The average molecular weight is 517 g/mol. The number of carbonyl (C=O) groups excluding carboxylic acids is 2. The van der Waals surface area contributed by atoms with Crippen LogP contribution in [0.4, 0.5) is 4.79 Å². The van der Waals surface area contributed by atoms with E-state index in [2.05, 4.69) is 17.2 Å². The maximum Gasteiger partial charge on any atom is 0.411 e. The zero-order chi connectivity index (χ0) is 27.4. The van der Waals surface area contributed by atoms with E-state index >= 15 is 0 Å². The Balaban J connectivity index is 1.48. The highest BCUT2D eigenvalue weighted by Crippen LogP contribution is 2.42. The first kappa shape index (κ1) is 27.7. The Hall–Kier alpha value is -3.30. The topological polar surface area (TPSA) is 78.9 Å². The van der Waals surface area contributed by atoms with Crippen molar-refractivity contribution in [1.29, 1.82) is 0 Å². The smallest absolute Gasteiger partial charge is 0.411 e. The second-order valence-electron chi connectivity index (χ2n) is 11.5. The summed E-state index contributed by atoms with van der Waals surface area (Å²) in [4.78, 5) is 26.8. The Morgan fingerprint density at radius 3 is 2.32 bits per heavy atom. The number of nitrogens with one attached hydrogen (secondary N) is 1. The summed E-state index contributed by atoms with van der Waals surface area (Å²) in [5, 5.41) is 13.7. The van der Waals surface area contributed by atoms with Gasteiger partial charge < -0.3 is 20.1 Å². The molecule has 38 heavy (non-hydrogen) atoms. The van der Waals surface area contributed by atoms with Crippen LogP contribution in [0.3, 0.4) is 0 Å². The average Bonchev–Trinajstić information content (AvgIpc) is 2.87. The van der Waals surface area contributed by atoms with Crippen molar-refractivity contribution in [2.75, 3.05) is 6.54 Å². The monoisotopic (exact) mass is 516 g/mol. The van der Waals surface area contributed by atoms with Gasteiger partial charge in [-0.1, -0.05) is 73.6 Å². The summed E-state index contributed by atoms with van der Waals surface area (Å²) in [6.07, 6.45) is 5.61. The van der Waals surface area contributed by atoms with Crippen molar-refractivity contribution in [1.82, 2.24) is 10.2 Å². The van der Waals surface area contributed by atoms with Crippen LogP contribution in [0.2, 0.25) is 0 Å². The minimum atomic E-state index is -0.989. The van der Waals surface area contributed by atoms with Crippen molar-refractivity contribution in [3.63, 3.8) is 0 Å². The molecule has 1 aliphatic carbocycles. The summed E-state index contributed by atoms with van der Waals surface area (Å²) in [7, 11) is 0. The number of hydrogen-bond acceptors (Lipinski definition) is 4. The maximum absolute atomic E-state index is 13.3. The molecular weight excluding hydrogens is 476 g/mol. The fourth-order valence-corrected chi connectivity index (χ4v) is 5.88. The highest BCUT2D eigenvalue weighted by atomic mass is 16.6. The van der Waals surface area contributed by atoms with Gasteiger partial charge in [-0.25, -0.2) is 4.79 Å². The van der Waals surface area contributed by atoms with Crippen LogP contribution in [-0.4, -0.2) is 39.7 Å². The number of ether oxygens (including phenoxy) is 1. The Kier molecular flexibility index (Phi) is 8.18. The molecule has 2 unspecified atom stereocenters. The summed E-state index contributed by atoms with van der Waals surface area (Å²) in [6, 6.07) is 17.5. The molecule has 4 rings (SSSR count). The Morgan fingerprint density at radius 2 is 1.74 bits per heavy atom. The summed E-state index contributed by atoms with van der Waals surface area (Å²) in [5.41, 5.74) is 0.483. The van der Waals surface area contributed by atoms with Crippen molar-refractivity contribution in [3.8, 4) is 11.8 Å². The molecule has 2 atom stereocenters. The Labute approximate surface area is 226 Å². The number of carbonyl (C=O) groups is 2. The third-order valence-corrected chi connectivity index (χ3v) is 7.72. The minimum absolute atomic E-state index is 0.0439. The lowest BCUT2D eigenvalue weighted by Crippen LogP contribution is -2.51. The number of hydrogen-bond donors (Lipinski definition) is 2. The molecule has 1 saturated heterocycles. The standard InChI is InChI=1S/C32H40N2O4/c1-24(27-15-13-26(14-16-27)17-20-31(33-25(2)35)18-9-6-10-19-31)34-22-21-32(38-29(34)36,23-30(3,4)37)28-11-7-5-8-12-28/h5,7-8,11-16,24,37H,6,9-10,18-19,21-23H2,1-4H3,(H,33,35). The van der Waals surface area contributed by atoms with Crippen LogP contribution in [-0.2, 0) is 15.1 Å². The fraction of sp³-hybridized carbons (Fsp3) is 0.500. The zero-order valence-corrected chi connectivity index (χ0v) is 23.0. The van der Waals surface area contributed by atoms with Crippen LogP contribution in [0.5, 0.6) is 0 Å². The maximum atomic E-state index is 13.3. The normalized spacial score (nSPS) is 22.0. The van der Waals surface area contributed by atoms with Gasteiger partial charge in [0, 0.05) is 31.9 Å². The van der Waals surface area contributed by atoms with Gasteiger partial charge in [0.2, 0.25) is 5.91 Å². The Bertz CT molecular complexity index is 1180. The molecule has 0 radical (unpaired) electrons. The summed E-state index contributed by atoms with van der Waals surface area (Å²) in [6.45, 7) is 7.57. The van der Waals surface area contributed by atoms with Crippen molar-refractivity contribution >= 4 is 12.0 Å². The van der Waals surface area contributed by atoms with Gasteiger partial charge in [-0.15, -0.1) is 0 Å². The van der Waals surface area contributed by atoms with E-state index in [1.54, 1.807) is 25.7 Å². The van der Waals surface area contributed by atoms with E-state index in [0.717, 1.165) is 42.4 Å². The molecule has 2 aliphatic rings. The predicted octanol–water partition coefficient (Wildman–Crippen LogP) is 5.84. The lowest BCUT2D eigenvalue weighted by Gasteiger charge is -2.45. The van der Waals surface area contributed by atoms with Crippen molar-refractivity contribution in [3.05, 3.63) is 71.3 Å². The molecule has 2 aromatic carbocycles. The molecule has 2 fully saturated rings. The van der Waals surface area contributed by atoms with Gasteiger partial charge in [0.05, 0.1) is 11.6 Å². The van der Waals surface area contributed by atoms with E-state index in [4.69, 9.17) is 4.74 Å². The number of nitrogens with zero attached hydrogens (tertiary/aromatic N) is 1. The van der Waals surface area contributed by atoms with E-state index in [-0.39, 0.29) is 18.0 Å². The van der Waals surface area contributed by atoms with Crippen LogP contribution in [0.15, 0.2) is 54.6 Å². The van der Waals surface area contributed by atoms with Crippen LogP contribution in [0.1, 0.15) is 95.4 Å². The number of amides is 2. The molecule has 1 heterocycles. The van der Waals surface area contributed by atoms with E-state index in [1.807, 2.05) is 61.5 Å². The van der Waals surface area contributed by atoms with Gasteiger partial charge in [0.1, 0.15) is 11.1 Å². The zero-order valence-electron chi connectivity index (χ0n) is 23.0. The van der Waals surface area contributed by atoms with Crippen molar-refractivity contribution in [2.24, 2.45) is 0 Å². The Morgan fingerprint density at radius 1 is 1.08 bits per heavy atom. The molecule has 0 spiro atoms. The van der Waals surface area contributed by atoms with E-state index in [0.29, 0.717) is 19.4 Å². The molecule has 6 nitrogen and oxygen atoms in total. The van der Waals surface area contributed by atoms with Gasteiger partial charge >= 0.3 is 6.09 Å². The van der Waals surface area contributed by atoms with Crippen molar-refractivity contribution in [2.45, 2.75) is 95.4 Å². The molecule has 0 bridgehead atoms. The molecule has 2 N–H and O–H groups in total. The predicted molar refractivity (Wildman–Crippen MR) is 148 cm³/mol. The van der Waals surface area contributed by atoms with Crippen molar-refractivity contribution < 1.29 is 19.4 Å². The van der Waals surface area contributed by atoms with Gasteiger partial charge in [-0.2, -0.15) is 0 Å². The molecule has 2 amide bonds. The number of benzene rings is 2. The summed E-state index contributed by atoms with van der Waals surface area (Å²) >= 11 is 0. The van der Waals surface area contributed by atoms with Crippen LogP contribution in [0.25, 0.3) is 0 Å². The largest absolute Gasteiger partial charge is 0.438 e. The molecular formula is C32H40N2O4. The lowest BCUT2D eigenvalue weighted by atomic mass is 9.80. The SMILES string of the molecule is CC(=O)NC1(C#Cc2ccc(C(C)N3CCC(CC(C)(C)O)(c4ccccc4)OC3=O)cc2)CCCCC1. The number of cyclic esters (lactones) is 1. The van der Waals surface area contributed by atoms with Gasteiger partial charge in [0.15, 0.2) is 0 Å².